The Balaban J connectivity index is 1.95. The van der Waals surface area contributed by atoms with E-state index in [9.17, 15) is 9.90 Å². The smallest absolute Gasteiger partial charge is 0.407 e. The van der Waals surface area contributed by atoms with Crippen molar-refractivity contribution in [1.82, 2.24) is 5.32 Å². The molecule has 0 spiro atoms. The van der Waals surface area contributed by atoms with Gasteiger partial charge in [0.05, 0.1) is 13.7 Å². The first-order valence-electron chi connectivity index (χ1n) is 7.49. The van der Waals surface area contributed by atoms with Crippen molar-refractivity contribution < 1.29 is 14.6 Å². The van der Waals surface area contributed by atoms with Crippen LogP contribution in [0, 0.1) is 0 Å². The number of carbonyl (C=O) groups excluding carboxylic acids is 1. The van der Waals surface area contributed by atoms with Gasteiger partial charge in [-0.3, -0.25) is 0 Å². The second-order valence-corrected chi connectivity index (χ2v) is 5.31. The highest BCUT2D eigenvalue weighted by Gasteiger charge is 2.06. The molecule has 0 radical (unpaired) electrons. The molecule has 1 amide bonds. The molecule has 5 nitrogen and oxygen atoms in total. The molecule has 5 heteroatoms. The van der Waals surface area contributed by atoms with E-state index >= 15 is 0 Å². The van der Waals surface area contributed by atoms with Gasteiger partial charge in [0.15, 0.2) is 0 Å². The molecule has 1 unspecified atom stereocenters. The number of rotatable bonds is 6. The van der Waals surface area contributed by atoms with Crippen molar-refractivity contribution in [3.8, 4) is 0 Å². The molecule has 122 valence electrons. The summed E-state index contributed by atoms with van der Waals surface area (Å²) in [5.74, 6) is 0. The molecular weight excluding hydrogens is 292 g/mol. The molecule has 0 aromatic heterocycles. The van der Waals surface area contributed by atoms with Crippen LogP contribution in [0.2, 0.25) is 0 Å². The molecule has 0 saturated heterocycles. The number of anilines is 1. The van der Waals surface area contributed by atoms with Gasteiger partial charge in [-0.2, -0.15) is 0 Å². The summed E-state index contributed by atoms with van der Waals surface area (Å²) >= 11 is 0. The minimum atomic E-state index is -0.440. The standard InChI is InChI=1S/C18H22N2O3/c1-13(16-5-3-4-15(10-16)12-21)20-17-8-6-14(7-9-17)11-19-18(22)23-2/h3-10,13,20-21H,11-12H2,1-2H3,(H,19,22). The highest BCUT2D eigenvalue weighted by molar-refractivity contribution is 5.66. The molecule has 0 aliphatic rings. The summed E-state index contributed by atoms with van der Waals surface area (Å²) in [5, 5.41) is 15.3. The lowest BCUT2D eigenvalue weighted by atomic mass is 10.0. The van der Waals surface area contributed by atoms with Gasteiger partial charge in [0.25, 0.3) is 0 Å². The monoisotopic (exact) mass is 314 g/mol. The Labute approximate surface area is 136 Å². The number of hydrogen-bond donors (Lipinski definition) is 3. The summed E-state index contributed by atoms with van der Waals surface area (Å²) in [6.07, 6.45) is -0.440. The van der Waals surface area contributed by atoms with E-state index in [1.165, 1.54) is 7.11 Å². The minimum Gasteiger partial charge on any atom is -0.453 e. The van der Waals surface area contributed by atoms with E-state index in [1.807, 2.05) is 48.5 Å². The summed E-state index contributed by atoms with van der Waals surface area (Å²) in [5.41, 5.74) is 4.01. The van der Waals surface area contributed by atoms with Crippen molar-refractivity contribution >= 4 is 11.8 Å². The summed E-state index contributed by atoms with van der Waals surface area (Å²) in [6, 6.07) is 15.9. The minimum absolute atomic E-state index is 0.0441. The van der Waals surface area contributed by atoms with Gasteiger partial charge >= 0.3 is 6.09 Å². The van der Waals surface area contributed by atoms with Crippen LogP contribution in [0.25, 0.3) is 0 Å². The third kappa shape index (κ3) is 5.00. The molecule has 23 heavy (non-hydrogen) atoms. The maximum absolute atomic E-state index is 11.0. The molecule has 0 saturated carbocycles. The Hall–Kier alpha value is -2.53. The number of amides is 1. The normalized spacial score (nSPS) is 11.6. The Morgan fingerprint density at radius 3 is 2.57 bits per heavy atom. The molecule has 2 rings (SSSR count). The summed E-state index contributed by atoms with van der Waals surface area (Å²) in [7, 11) is 1.34. The van der Waals surface area contributed by atoms with Crippen molar-refractivity contribution in [2.24, 2.45) is 0 Å². The van der Waals surface area contributed by atoms with Gasteiger partial charge in [-0.1, -0.05) is 36.4 Å². The van der Waals surface area contributed by atoms with Gasteiger partial charge in [0, 0.05) is 18.3 Å². The van der Waals surface area contributed by atoms with E-state index in [0.717, 1.165) is 22.4 Å². The number of carbonyl (C=O) groups is 1. The lowest BCUT2D eigenvalue weighted by Crippen LogP contribution is -2.22. The van der Waals surface area contributed by atoms with Crippen LogP contribution in [0.15, 0.2) is 48.5 Å². The van der Waals surface area contributed by atoms with Gasteiger partial charge in [-0.05, 0) is 35.7 Å². The van der Waals surface area contributed by atoms with E-state index < -0.39 is 6.09 Å². The van der Waals surface area contributed by atoms with Crippen LogP contribution in [-0.4, -0.2) is 18.3 Å². The number of nitrogens with one attached hydrogen (secondary N) is 2. The molecule has 3 N–H and O–H groups in total. The van der Waals surface area contributed by atoms with Gasteiger partial charge in [0.1, 0.15) is 0 Å². The van der Waals surface area contributed by atoms with E-state index in [2.05, 4.69) is 22.3 Å². The SMILES string of the molecule is COC(=O)NCc1ccc(NC(C)c2cccc(CO)c2)cc1. The lowest BCUT2D eigenvalue weighted by Gasteiger charge is -2.17. The molecule has 0 fully saturated rings. The van der Waals surface area contributed by atoms with Crippen LogP contribution < -0.4 is 10.6 Å². The van der Waals surface area contributed by atoms with E-state index in [0.29, 0.717) is 6.54 Å². The fraction of sp³-hybridized carbons (Fsp3) is 0.278. The molecular formula is C18H22N2O3. The molecule has 1 atom stereocenters. The second-order valence-electron chi connectivity index (χ2n) is 5.31. The molecule has 0 heterocycles. The van der Waals surface area contributed by atoms with Gasteiger partial charge in [0.2, 0.25) is 0 Å². The fourth-order valence-corrected chi connectivity index (χ4v) is 2.26. The number of benzene rings is 2. The van der Waals surface area contributed by atoms with Crippen molar-refractivity contribution in [2.75, 3.05) is 12.4 Å². The van der Waals surface area contributed by atoms with Gasteiger partial charge in [-0.25, -0.2) is 4.79 Å². The largest absolute Gasteiger partial charge is 0.453 e. The lowest BCUT2D eigenvalue weighted by molar-refractivity contribution is 0.170. The fourth-order valence-electron chi connectivity index (χ4n) is 2.26. The highest BCUT2D eigenvalue weighted by Crippen LogP contribution is 2.20. The zero-order valence-electron chi connectivity index (χ0n) is 13.4. The first-order chi connectivity index (χ1) is 11.1. The Kier molecular flexibility index (Phi) is 6.00. The van der Waals surface area contributed by atoms with E-state index in [1.54, 1.807) is 0 Å². The van der Waals surface area contributed by atoms with E-state index in [-0.39, 0.29) is 12.6 Å². The van der Waals surface area contributed by atoms with Crippen LogP contribution in [0.3, 0.4) is 0 Å². The van der Waals surface area contributed by atoms with Crippen LogP contribution in [0.1, 0.15) is 29.7 Å². The Morgan fingerprint density at radius 1 is 1.17 bits per heavy atom. The predicted octanol–water partition coefficient (Wildman–Crippen LogP) is 3.21. The van der Waals surface area contributed by atoms with E-state index in [4.69, 9.17) is 0 Å². The van der Waals surface area contributed by atoms with Crippen molar-refractivity contribution in [1.29, 1.82) is 0 Å². The zero-order valence-corrected chi connectivity index (χ0v) is 13.4. The third-order valence-corrected chi connectivity index (χ3v) is 3.59. The molecule has 0 aliphatic heterocycles. The maximum atomic E-state index is 11.0. The van der Waals surface area contributed by atoms with Crippen molar-refractivity contribution in [3.05, 3.63) is 65.2 Å². The number of aliphatic hydroxyl groups excluding tert-OH is 1. The quantitative estimate of drug-likeness (QED) is 0.766. The number of alkyl carbamates (subject to hydrolysis) is 1. The molecule has 2 aromatic carbocycles. The first kappa shape index (κ1) is 16.8. The molecule has 0 bridgehead atoms. The maximum Gasteiger partial charge on any atom is 0.407 e. The van der Waals surface area contributed by atoms with Crippen LogP contribution in [-0.2, 0) is 17.9 Å². The molecule has 0 aliphatic carbocycles. The van der Waals surface area contributed by atoms with Crippen molar-refractivity contribution in [2.45, 2.75) is 26.1 Å². The molecule has 2 aromatic rings. The van der Waals surface area contributed by atoms with Crippen LogP contribution >= 0.6 is 0 Å². The van der Waals surface area contributed by atoms with Gasteiger partial charge < -0.3 is 20.5 Å². The number of ether oxygens (including phenoxy) is 1. The highest BCUT2D eigenvalue weighted by atomic mass is 16.5. The topological polar surface area (TPSA) is 70.6 Å². The first-order valence-corrected chi connectivity index (χ1v) is 7.49. The van der Waals surface area contributed by atoms with Crippen molar-refractivity contribution in [3.63, 3.8) is 0 Å². The van der Waals surface area contributed by atoms with Crippen LogP contribution in [0.4, 0.5) is 10.5 Å². The second kappa shape index (κ2) is 8.19. The average Bonchev–Trinajstić information content (AvgIpc) is 2.60. The summed E-state index contributed by atoms with van der Waals surface area (Å²) in [4.78, 5) is 11.0. The summed E-state index contributed by atoms with van der Waals surface area (Å²) < 4.78 is 4.54. The van der Waals surface area contributed by atoms with Gasteiger partial charge in [-0.15, -0.1) is 0 Å². The number of aliphatic hydroxyl groups is 1. The zero-order chi connectivity index (χ0) is 16.7. The number of hydrogen-bond acceptors (Lipinski definition) is 4. The van der Waals surface area contributed by atoms with Crippen LogP contribution in [0.5, 0.6) is 0 Å². The Bertz CT molecular complexity index is 641. The third-order valence-electron chi connectivity index (χ3n) is 3.59. The predicted molar refractivity (Wildman–Crippen MR) is 90.1 cm³/mol. The summed E-state index contributed by atoms with van der Waals surface area (Å²) in [6.45, 7) is 2.55. The Morgan fingerprint density at radius 2 is 1.91 bits per heavy atom. The average molecular weight is 314 g/mol. The number of methoxy groups -OCH3 is 1.